The molecule has 2 saturated heterocycles. The summed E-state index contributed by atoms with van der Waals surface area (Å²) >= 11 is 1.20. The van der Waals surface area contributed by atoms with E-state index in [0.717, 1.165) is 47.8 Å². The van der Waals surface area contributed by atoms with Gasteiger partial charge in [0, 0.05) is 34.7 Å². The Kier molecular flexibility index (Phi) is 15.2. The predicted molar refractivity (Wildman–Crippen MR) is 255 cm³/mol. The van der Waals surface area contributed by atoms with E-state index >= 15 is 0 Å². The molecule has 3 heterocycles. The number of hydrogen-bond donors (Lipinski definition) is 3. The van der Waals surface area contributed by atoms with Crippen LogP contribution in [0.1, 0.15) is 136 Å². The molecule has 3 N–H and O–H groups in total. The number of aliphatic hydroxyl groups excluding tert-OH is 1. The van der Waals surface area contributed by atoms with Crippen LogP contribution in [0.2, 0.25) is 0 Å². The number of carbonyl (C=O) groups is 5. The Morgan fingerprint density at radius 2 is 1.77 bits per heavy atom. The van der Waals surface area contributed by atoms with Gasteiger partial charge in [-0.2, -0.15) is 13.2 Å². The van der Waals surface area contributed by atoms with Gasteiger partial charge in [0.2, 0.25) is 11.8 Å². The predicted octanol–water partition coefficient (Wildman–Crippen LogP) is 9.37. The second-order valence-electron chi connectivity index (χ2n) is 22.4. The van der Waals surface area contributed by atoms with E-state index in [1.807, 2.05) is 0 Å². The summed E-state index contributed by atoms with van der Waals surface area (Å²) < 4.78 is 54.8. The molecular formula is C53H72F3N3O9S. The summed E-state index contributed by atoms with van der Waals surface area (Å²) in [4.78, 5) is 67.2. The van der Waals surface area contributed by atoms with Gasteiger partial charge in [-0.05, 0) is 123 Å². The topological polar surface area (TPSA) is 161 Å². The summed E-state index contributed by atoms with van der Waals surface area (Å²) in [6, 6.07) is 4.85. The van der Waals surface area contributed by atoms with Gasteiger partial charge in [-0.3, -0.25) is 9.59 Å². The molecule has 3 saturated carbocycles. The minimum absolute atomic E-state index is 0.110. The standard InChI is InChI=1S/C53H72F3N3O9S/c1-28(2)10-8-11-29(3)38-16-17-39-37-15-14-33-23-35(18-20-51(33,6)40(37)19-21-52(38,39)7)68-42(61)26-66-49(64)32-12-9-13-34(22-32)58-47(62)41-24-36(25-57-41)69-46-30(4)44-43(31(5)60)48(63)59(44)45(46)50(65)67-27-53(54,55)56/h9,12-14,22,28-31,35-41,43-44,57,60H,8,10-11,15-21,23-27H2,1-7H3,(H,58,62)/t29-,30-,31-,35+,36+,37+,38-,39+,40+,41+,43-,44-,51+,52-/m1/s1. The number of aliphatic hydroxyl groups is 1. The Morgan fingerprint density at radius 3 is 2.49 bits per heavy atom. The maximum absolute atomic E-state index is 13.4. The minimum atomic E-state index is -4.77. The highest BCUT2D eigenvalue weighted by atomic mass is 32.2. The van der Waals surface area contributed by atoms with Gasteiger partial charge in [-0.1, -0.05) is 78.5 Å². The largest absolute Gasteiger partial charge is 0.460 e. The van der Waals surface area contributed by atoms with Crippen molar-refractivity contribution >= 4 is 47.2 Å². The second kappa shape index (κ2) is 20.3. The summed E-state index contributed by atoms with van der Waals surface area (Å²) in [5.41, 5.74) is 2.14. The van der Waals surface area contributed by atoms with Crippen molar-refractivity contribution in [1.29, 1.82) is 0 Å². The number of β-lactam (4-membered cyclic amide) rings is 1. The van der Waals surface area contributed by atoms with E-state index in [2.05, 4.69) is 56.1 Å². The number of esters is 3. The number of allylic oxidation sites excluding steroid dienone is 1. The van der Waals surface area contributed by atoms with Crippen molar-refractivity contribution in [2.45, 2.75) is 161 Å². The smallest absolute Gasteiger partial charge is 0.422 e. The maximum Gasteiger partial charge on any atom is 0.422 e. The van der Waals surface area contributed by atoms with Crippen LogP contribution in [0.3, 0.4) is 0 Å². The molecule has 8 rings (SSSR count). The van der Waals surface area contributed by atoms with Gasteiger partial charge < -0.3 is 34.9 Å². The molecule has 12 nitrogen and oxygen atoms in total. The molecule has 0 radical (unpaired) electrons. The number of hydrogen-bond acceptors (Lipinski definition) is 11. The molecule has 16 heteroatoms. The van der Waals surface area contributed by atoms with Gasteiger partial charge in [0.05, 0.1) is 29.7 Å². The van der Waals surface area contributed by atoms with Crippen molar-refractivity contribution in [2.75, 3.05) is 25.1 Å². The number of nitrogens with one attached hydrogen (secondary N) is 2. The van der Waals surface area contributed by atoms with E-state index in [4.69, 9.17) is 9.47 Å². The van der Waals surface area contributed by atoms with Crippen molar-refractivity contribution in [3.63, 3.8) is 0 Å². The SMILES string of the molecule is CC(C)CCC[C@@H](C)[C@H]1CC[C@H]2[C@@H]3CC=C4C[C@@H](OC(=O)COC(=O)c5cccc(NC(=O)[C@@H]6C[C@H](SC7=C(C(=O)OCC(F)(F)F)N8C(=O)[C@H]([C@@H](C)O)[C@H]8[C@H]7C)CN6)c5)CC[C@]4(C)[C@H]3CC[C@]12C. The van der Waals surface area contributed by atoms with Crippen molar-refractivity contribution in [1.82, 2.24) is 10.2 Å². The first-order chi connectivity index (χ1) is 32.6. The fourth-order valence-electron chi connectivity index (χ4n) is 14.2. The number of fused-ring (bicyclic) bond motifs is 6. The van der Waals surface area contributed by atoms with Gasteiger partial charge in [-0.15, -0.1) is 11.8 Å². The number of ether oxygens (including phenoxy) is 3. The average molecular weight is 984 g/mol. The lowest BCUT2D eigenvalue weighted by Gasteiger charge is -2.58. The third kappa shape index (κ3) is 10.4. The number of halogens is 3. The Balaban J connectivity index is 0.805. The van der Waals surface area contributed by atoms with Crippen LogP contribution >= 0.6 is 11.8 Å². The number of thioether (sulfide) groups is 1. The number of anilines is 1. The number of rotatable bonds is 16. The normalized spacial score (nSPS) is 34.7. The average Bonchev–Trinajstić information content (AvgIpc) is 3.97. The van der Waals surface area contributed by atoms with Gasteiger partial charge >= 0.3 is 24.1 Å². The fourth-order valence-corrected chi connectivity index (χ4v) is 15.7. The zero-order chi connectivity index (χ0) is 49.7. The zero-order valence-electron chi connectivity index (χ0n) is 41.2. The van der Waals surface area contributed by atoms with Crippen LogP contribution in [0.4, 0.5) is 18.9 Å². The van der Waals surface area contributed by atoms with Crippen LogP contribution in [0.25, 0.3) is 0 Å². The molecule has 3 aliphatic heterocycles. The van der Waals surface area contributed by atoms with E-state index in [1.165, 1.54) is 81.3 Å². The van der Waals surface area contributed by atoms with E-state index in [-0.39, 0.29) is 34.5 Å². The first kappa shape index (κ1) is 51.5. The van der Waals surface area contributed by atoms with Crippen molar-refractivity contribution < 1.29 is 56.5 Å². The quantitative estimate of drug-likeness (QED) is 0.0627. The van der Waals surface area contributed by atoms with Crippen LogP contribution in [-0.2, 0) is 33.4 Å². The number of nitrogens with zero attached hydrogens (tertiary/aromatic N) is 1. The molecule has 5 fully saturated rings. The third-order valence-electron chi connectivity index (χ3n) is 17.6. The van der Waals surface area contributed by atoms with Crippen LogP contribution in [0, 0.1) is 58.2 Å². The second-order valence-corrected chi connectivity index (χ2v) is 23.7. The number of carbonyl (C=O) groups excluding carboxylic acids is 5. The fraction of sp³-hybridized carbons (Fsp3) is 0.717. The molecule has 0 aromatic heterocycles. The van der Waals surface area contributed by atoms with E-state index in [9.17, 15) is 42.3 Å². The van der Waals surface area contributed by atoms with Gasteiger partial charge in [0.25, 0.3) is 0 Å². The summed E-state index contributed by atoms with van der Waals surface area (Å²) in [7, 11) is 0. The monoisotopic (exact) mass is 983 g/mol. The summed E-state index contributed by atoms with van der Waals surface area (Å²) in [5.74, 6) is -0.408. The Morgan fingerprint density at radius 1 is 1.00 bits per heavy atom. The molecule has 2 amide bonds. The highest BCUT2D eigenvalue weighted by molar-refractivity contribution is 8.03. The molecule has 69 heavy (non-hydrogen) atoms. The lowest BCUT2D eigenvalue weighted by molar-refractivity contribution is -0.186. The van der Waals surface area contributed by atoms with Crippen LogP contribution < -0.4 is 10.6 Å². The molecule has 1 aromatic rings. The molecule has 0 unspecified atom stereocenters. The number of amides is 2. The van der Waals surface area contributed by atoms with Crippen molar-refractivity contribution in [2.24, 2.45) is 58.2 Å². The minimum Gasteiger partial charge on any atom is -0.460 e. The van der Waals surface area contributed by atoms with E-state index < -0.39 is 79.1 Å². The van der Waals surface area contributed by atoms with Crippen LogP contribution in [-0.4, -0.2) is 95.2 Å². The van der Waals surface area contributed by atoms with Crippen molar-refractivity contribution in [3.8, 4) is 0 Å². The van der Waals surface area contributed by atoms with Gasteiger partial charge in [0.15, 0.2) is 13.2 Å². The lowest BCUT2D eigenvalue weighted by atomic mass is 9.47. The molecular weight excluding hydrogens is 912 g/mol. The molecule has 0 bridgehead atoms. The summed E-state index contributed by atoms with van der Waals surface area (Å²) in [6.45, 7) is 13.4. The molecule has 7 aliphatic rings. The zero-order valence-corrected chi connectivity index (χ0v) is 42.0. The molecule has 4 aliphatic carbocycles. The first-order valence-electron chi connectivity index (χ1n) is 25.5. The summed E-state index contributed by atoms with van der Waals surface area (Å²) in [5, 5.41) is 15.9. The maximum atomic E-state index is 13.4. The Bertz CT molecular complexity index is 2220. The van der Waals surface area contributed by atoms with Gasteiger partial charge in [-0.25, -0.2) is 14.4 Å². The number of alkyl halides is 3. The highest BCUT2D eigenvalue weighted by Gasteiger charge is 2.62. The lowest BCUT2D eigenvalue weighted by Crippen LogP contribution is -2.63. The van der Waals surface area contributed by atoms with E-state index in [0.29, 0.717) is 40.8 Å². The van der Waals surface area contributed by atoms with Gasteiger partial charge in [0.1, 0.15) is 11.8 Å². The summed E-state index contributed by atoms with van der Waals surface area (Å²) in [6.07, 6.45) is 9.50. The third-order valence-corrected chi connectivity index (χ3v) is 19.1. The number of benzene rings is 1. The molecule has 380 valence electrons. The van der Waals surface area contributed by atoms with Crippen LogP contribution in [0.15, 0.2) is 46.5 Å². The molecule has 14 atom stereocenters. The van der Waals surface area contributed by atoms with Crippen molar-refractivity contribution in [3.05, 3.63) is 52.1 Å². The Labute approximate surface area is 409 Å². The first-order valence-corrected chi connectivity index (χ1v) is 26.3. The van der Waals surface area contributed by atoms with E-state index in [1.54, 1.807) is 19.1 Å². The Hall–Kier alpha value is -3.89. The molecule has 1 aromatic carbocycles. The highest BCUT2D eigenvalue weighted by Crippen LogP contribution is 2.67. The molecule has 0 spiro atoms. The van der Waals surface area contributed by atoms with Crippen LogP contribution in [0.5, 0.6) is 0 Å².